The van der Waals surface area contributed by atoms with E-state index in [0.29, 0.717) is 23.7 Å². The second-order valence-electron chi connectivity index (χ2n) is 6.75. The third-order valence-corrected chi connectivity index (χ3v) is 6.19. The van der Waals surface area contributed by atoms with Crippen molar-refractivity contribution in [3.05, 3.63) is 84.2 Å². The Hall–Kier alpha value is -2.58. The number of ether oxygens (including phenoxy) is 1. The van der Waals surface area contributed by atoms with Crippen LogP contribution in [0.25, 0.3) is 0 Å². The van der Waals surface area contributed by atoms with E-state index in [4.69, 9.17) is 4.74 Å². The summed E-state index contributed by atoms with van der Waals surface area (Å²) in [5.74, 6) is -1.76. The zero-order chi connectivity index (χ0) is 21.7. The van der Waals surface area contributed by atoms with Gasteiger partial charge >= 0.3 is 6.18 Å². The average Bonchev–Trinajstić information content (AvgIpc) is 3.19. The summed E-state index contributed by atoms with van der Waals surface area (Å²) in [5, 5.41) is 0. The second-order valence-corrected chi connectivity index (χ2v) is 8.26. The number of benzene rings is 2. The van der Waals surface area contributed by atoms with Crippen molar-refractivity contribution in [2.75, 3.05) is 25.1 Å². The fourth-order valence-electron chi connectivity index (χ4n) is 3.28. The summed E-state index contributed by atoms with van der Waals surface area (Å²) in [6.45, 7) is 0.656. The largest absolute Gasteiger partial charge is 0.401 e. The molecule has 0 saturated heterocycles. The van der Waals surface area contributed by atoms with Gasteiger partial charge in [-0.1, -0.05) is 30.3 Å². The smallest absolute Gasteiger partial charge is 0.383 e. The maximum Gasteiger partial charge on any atom is 0.401 e. The number of hydrogen-bond donors (Lipinski definition) is 0. The predicted octanol–water partition coefficient (Wildman–Crippen LogP) is 4.99. The maximum atomic E-state index is 14.0. The lowest BCUT2D eigenvalue weighted by Crippen LogP contribution is -2.25. The number of anilines is 1. The minimum absolute atomic E-state index is 0.127. The van der Waals surface area contributed by atoms with Crippen LogP contribution in [0.3, 0.4) is 0 Å². The molecule has 0 saturated carbocycles. The second kappa shape index (κ2) is 9.49. The molecule has 0 N–H and O–H groups in total. The number of nitrogens with zero attached hydrogens (tertiary/aromatic N) is 2. The Kier molecular flexibility index (Phi) is 6.99. The Bertz CT molecular complexity index is 972. The van der Waals surface area contributed by atoms with Crippen molar-refractivity contribution in [3.8, 4) is 0 Å². The lowest BCUT2D eigenvalue weighted by Gasteiger charge is -2.24. The summed E-state index contributed by atoms with van der Waals surface area (Å²) in [5.41, 5.74) is 0.854. The molecule has 160 valence electrons. The van der Waals surface area contributed by atoms with Crippen molar-refractivity contribution in [2.45, 2.75) is 23.5 Å². The topological polar surface area (TPSA) is 34.5 Å². The molecular formula is C22H23F3N2O2S. The summed E-state index contributed by atoms with van der Waals surface area (Å²) in [6, 6.07) is 18.0. The first-order valence-corrected chi connectivity index (χ1v) is 10.4. The standard InChI is InChI=1S/C22H23F3N2O2S/c1-26(30(28)19-7-4-3-5-8-19)18-12-10-17(11-13-18)21(22(23,24)25)20-9-6-14-27(20)15-16-29-2/h3-14,21H,15-16H2,1-2H3. The van der Waals surface area contributed by atoms with Crippen LogP contribution in [-0.4, -0.2) is 35.7 Å². The van der Waals surface area contributed by atoms with Crippen LogP contribution < -0.4 is 4.31 Å². The number of methoxy groups -OCH3 is 1. The first-order valence-electron chi connectivity index (χ1n) is 9.34. The first-order chi connectivity index (χ1) is 14.3. The van der Waals surface area contributed by atoms with Crippen LogP contribution in [0.2, 0.25) is 0 Å². The molecule has 1 heterocycles. The van der Waals surface area contributed by atoms with Crippen molar-refractivity contribution >= 4 is 16.7 Å². The quantitative estimate of drug-likeness (QED) is 0.499. The molecule has 2 unspecified atom stereocenters. The van der Waals surface area contributed by atoms with Crippen LogP contribution in [0.4, 0.5) is 18.9 Å². The normalized spacial score (nSPS) is 13.8. The molecule has 30 heavy (non-hydrogen) atoms. The molecule has 0 amide bonds. The van der Waals surface area contributed by atoms with E-state index in [1.54, 1.807) is 60.3 Å². The van der Waals surface area contributed by atoms with Crippen LogP contribution in [-0.2, 0) is 22.3 Å². The van der Waals surface area contributed by atoms with Gasteiger partial charge in [-0.05, 0) is 42.0 Å². The molecule has 8 heteroatoms. The van der Waals surface area contributed by atoms with Crippen LogP contribution in [0.1, 0.15) is 17.2 Å². The van der Waals surface area contributed by atoms with E-state index in [9.17, 15) is 17.4 Å². The van der Waals surface area contributed by atoms with Crippen molar-refractivity contribution in [1.82, 2.24) is 4.57 Å². The maximum absolute atomic E-state index is 14.0. The van der Waals surface area contributed by atoms with E-state index in [2.05, 4.69) is 0 Å². The summed E-state index contributed by atoms with van der Waals surface area (Å²) in [4.78, 5) is 0.619. The van der Waals surface area contributed by atoms with E-state index in [1.807, 2.05) is 6.07 Å². The van der Waals surface area contributed by atoms with E-state index >= 15 is 0 Å². The number of halogens is 3. The first kappa shape index (κ1) is 22.1. The number of rotatable bonds is 8. The van der Waals surface area contributed by atoms with Crippen molar-refractivity contribution < 1.29 is 22.1 Å². The van der Waals surface area contributed by atoms with Crippen molar-refractivity contribution in [3.63, 3.8) is 0 Å². The van der Waals surface area contributed by atoms with Crippen LogP contribution in [0.15, 0.2) is 77.8 Å². The highest BCUT2D eigenvalue weighted by Crippen LogP contribution is 2.40. The van der Waals surface area contributed by atoms with Gasteiger partial charge in [0.15, 0.2) is 11.0 Å². The molecule has 0 spiro atoms. The van der Waals surface area contributed by atoms with Crippen LogP contribution in [0, 0.1) is 0 Å². The van der Waals surface area contributed by atoms with Crippen molar-refractivity contribution in [2.24, 2.45) is 0 Å². The van der Waals surface area contributed by atoms with Gasteiger partial charge in [0, 0.05) is 38.3 Å². The molecule has 1 aromatic heterocycles. The lowest BCUT2D eigenvalue weighted by molar-refractivity contribution is -0.142. The van der Waals surface area contributed by atoms with Gasteiger partial charge in [0.2, 0.25) is 0 Å². The van der Waals surface area contributed by atoms with E-state index in [-0.39, 0.29) is 11.3 Å². The lowest BCUT2D eigenvalue weighted by atomic mass is 9.94. The molecule has 0 aliphatic rings. The number of alkyl halides is 3. The summed E-state index contributed by atoms with van der Waals surface area (Å²) in [7, 11) is 1.70. The molecule has 0 fully saturated rings. The van der Waals surface area contributed by atoms with Crippen molar-refractivity contribution in [1.29, 1.82) is 0 Å². The molecule has 3 aromatic rings. The fraction of sp³-hybridized carbons (Fsp3) is 0.273. The molecule has 0 bridgehead atoms. The fourth-order valence-corrected chi connectivity index (χ4v) is 4.30. The number of aromatic nitrogens is 1. The molecular weight excluding hydrogens is 413 g/mol. The molecule has 0 aliphatic carbocycles. The average molecular weight is 436 g/mol. The Morgan fingerprint density at radius 3 is 2.30 bits per heavy atom. The Labute approximate surface area is 176 Å². The van der Waals surface area contributed by atoms with Gasteiger partial charge in [-0.2, -0.15) is 13.2 Å². The monoisotopic (exact) mass is 436 g/mol. The molecule has 3 rings (SSSR count). The van der Waals surface area contributed by atoms with Gasteiger partial charge < -0.3 is 9.30 Å². The van der Waals surface area contributed by atoms with Gasteiger partial charge in [-0.15, -0.1) is 0 Å². The summed E-state index contributed by atoms with van der Waals surface area (Å²) in [6.07, 6.45) is -2.83. The Morgan fingerprint density at radius 2 is 1.70 bits per heavy atom. The van der Waals surface area contributed by atoms with Gasteiger partial charge in [0.1, 0.15) is 5.92 Å². The molecule has 4 nitrogen and oxygen atoms in total. The number of hydrogen-bond acceptors (Lipinski definition) is 2. The zero-order valence-corrected chi connectivity index (χ0v) is 17.5. The SMILES string of the molecule is COCCn1cccc1C(c1ccc(N(C)S(=O)c2ccccc2)cc1)C(F)(F)F. The van der Waals surface area contributed by atoms with Crippen LogP contribution in [0.5, 0.6) is 0 Å². The van der Waals surface area contributed by atoms with E-state index in [0.717, 1.165) is 0 Å². The van der Waals surface area contributed by atoms with E-state index < -0.39 is 23.1 Å². The molecule has 2 atom stereocenters. The summed E-state index contributed by atoms with van der Waals surface area (Å²) < 4.78 is 62.7. The minimum atomic E-state index is -4.45. The third kappa shape index (κ3) is 4.94. The third-order valence-electron chi connectivity index (χ3n) is 4.81. The molecule has 0 aliphatic heterocycles. The highest BCUT2D eigenvalue weighted by Gasteiger charge is 2.43. The van der Waals surface area contributed by atoms with Gasteiger partial charge in [0.05, 0.1) is 11.5 Å². The van der Waals surface area contributed by atoms with Gasteiger partial charge in [0.25, 0.3) is 0 Å². The highest BCUT2D eigenvalue weighted by molar-refractivity contribution is 7.86. The molecule has 2 aromatic carbocycles. The van der Waals surface area contributed by atoms with Gasteiger partial charge in [-0.3, -0.25) is 4.31 Å². The zero-order valence-electron chi connectivity index (χ0n) is 16.7. The summed E-state index contributed by atoms with van der Waals surface area (Å²) >= 11 is 0. The minimum Gasteiger partial charge on any atom is -0.383 e. The highest BCUT2D eigenvalue weighted by atomic mass is 32.2. The van der Waals surface area contributed by atoms with Crippen LogP contribution >= 0.6 is 0 Å². The van der Waals surface area contributed by atoms with E-state index in [1.165, 1.54) is 29.6 Å². The van der Waals surface area contributed by atoms with Gasteiger partial charge in [-0.25, -0.2) is 4.21 Å². The predicted molar refractivity (Wildman–Crippen MR) is 112 cm³/mol. The molecule has 0 radical (unpaired) electrons. The Balaban J connectivity index is 1.88. The Morgan fingerprint density at radius 1 is 1.03 bits per heavy atom.